The number of carbonyl (C=O) groups excluding carboxylic acids is 1. The third-order valence-electron chi connectivity index (χ3n) is 1.92. The summed E-state index contributed by atoms with van der Waals surface area (Å²) in [4.78, 5) is 11.3. The number of rotatable bonds is 3. The first-order valence-electron chi connectivity index (χ1n) is 4.18. The molecule has 0 fully saturated rings. The van der Waals surface area contributed by atoms with Gasteiger partial charge in [-0.05, 0) is 0 Å². The first-order valence-corrected chi connectivity index (χ1v) is 4.18. The van der Waals surface area contributed by atoms with E-state index in [9.17, 15) is 22.4 Å². The zero-order chi connectivity index (χ0) is 11.5. The third kappa shape index (κ3) is 2.78. The fraction of sp³-hybridized carbons (Fsp3) is 0.300. The van der Waals surface area contributed by atoms with E-state index >= 15 is 0 Å². The van der Waals surface area contributed by atoms with Crippen LogP contribution in [0.15, 0.2) is 30.3 Å². The molecule has 0 saturated carbocycles. The van der Waals surface area contributed by atoms with E-state index in [0.29, 0.717) is 0 Å². The molecule has 1 nitrogen and oxygen atoms in total. The van der Waals surface area contributed by atoms with Crippen molar-refractivity contribution in [2.45, 2.75) is 6.18 Å². The Bertz CT molecular complexity index is 331. The minimum Gasteiger partial charge on any atom is -0.293 e. The summed E-state index contributed by atoms with van der Waals surface area (Å²) in [6.07, 6.45) is -4.83. The maximum absolute atomic E-state index is 12.2. The fourth-order valence-electron chi connectivity index (χ4n) is 1.11. The molecule has 1 aromatic rings. The van der Waals surface area contributed by atoms with Crippen LogP contribution in [-0.2, 0) is 0 Å². The normalized spacial score (nSPS) is 13.6. The van der Waals surface area contributed by atoms with Gasteiger partial charge in [0.1, 0.15) is 12.6 Å². The van der Waals surface area contributed by atoms with E-state index in [-0.39, 0.29) is 5.56 Å². The lowest BCUT2D eigenvalue weighted by Gasteiger charge is -2.15. The molecular formula is C10H8F4O. The Hall–Kier alpha value is -1.39. The van der Waals surface area contributed by atoms with Crippen molar-refractivity contribution in [3.63, 3.8) is 0 Å². The minimum absolute atomic E-state index is 0.127. The zero-order valence-corrected chi connectivity index (χ0v) is 7.59. The molecule has 1 rings (SSSR count). The summed E-state index contributed by atoms with van der Waals surface area (Å²) in [5, 5.41) is 0. The molecule has 0 N–H and O–H groups in total. The molecule has 0 spiro atoms. The monoisotopic (exact) mass is 220 g/mol. The van der Waals surface area contributed by atoms with Crippen LogP contribution < -0.4 is 0 Å². The maximum Gasteiger partial charge on any atom is 0.401 e. The van der Waals surface area contributed by atoms with Crippen LogP contribution >= 0.6 is 0 Å². The topological polar surface area (TPSA) is 17.1 Å². The van der Waals surface area contributed by atoms with Crippen LogP contribution in [-0.4, -0.2) is 18.6 Å². The lowest BCUT2D eigenvalue weighted by molar-refractivity contribution is -0.163. The Kier molecular flexibility index (Phi) is 3.44. The number of Topliss-reactive ketones (excluding diaryl/α,β-unsaturated/α-hetero) is 1. The highest BCUT2D eigenvalue weighted by molar-refractivity contribution is 5.98. The average Bonchev–Trinajstić information content (AvgIpc) is 2.18. The van der Waals surface area contributed by atoms with Crippen molar-refractivity contribution in [3.05, 3.63) is 35.9 Å². The summed E-state index contributed by atoms with van der Waals surface area (Å²) >= 11 is 0. The van der Waals surface area contributed by atoms with Crippen LogP contribution in [0.25, 0.3) is 0 Å². The van der Waals surface area contributed by atoms with Crippen LogP contribution in [0.2, 0.25) is 0 Å². The van der Waals surface area contributed by atoms with E-state index in [4.69, 9.17) is 0 Å². The van der Waals surface area contributed by atoms with Gasteiger partial charge in [-0.15, -0.1) is 0 Å². The predicted octanol–water partition coefficient (Wildman–Crippen LogP) is 3.02. The van der Waals surface area contributed by atoms with Gasteiger partial charge in [-0.1, -0.05) is 30.3 Å². The zero-order valence-electron chi connectivity index (χ0n) is 7.59. The lowest BCUT2D eigenvalue weighted by Crippen LogP contribution is -2.32. The van der Waals surface area contributed by atoms with Crippen molar-refractivity contribution >= 4 is 5.78 Å². The first-order chi connectivity index (χ1) is 6.96. The van der Waals surface area contributed by atoms with Crippen LogP contribution in [0.5, 0.6) is 0 Å². The van der Waals surface area contributed by atoms with Gasteiger partial charge in [-0.3, -0.25) is 4.79 Å². The van der Waals surface area contributed by atoms with Gasteiger partial charge < -0.3 is 0 Å². The van der Waals surface area contributed by atoms with Gasteiger partial charge in [0.2, 0.25) is 0 Å². The number of alkyl halides is 4. The van der Waals surface area contributed by atoms with Crippen molar-refractivity contribution < 1.29 is 22.4 Å². The summed E-state index contributed by atoms with van der Waals surface area (Å²) in [6, 6.07) is 6.89. The summed E-state index contributed by atoms with van der Waals surface area (Å²) < 4.78 is 48.7. The Morgan fingerprint density at radius 2 is 1.73 bits per heavy atom. The van der Waals surface area contributed by atoms with Gasteiger partial charge in [-0.2, -0.15) is 13.2 Å². The molecule has 15 heavy (non-hydrogen) atoms. The molecule has 0 saturated heterocycles. The number of ketones is 1. The molecule has 0 heterocycles. The number of carbonyl (C=O) groups is 1. The van der Waals surface area contributed by atoms with E-state index in [1.807, 2.05) is 0 Å². The molecule has 1 atom stereocenters. The summed E-state index contributed by atoms with van der Waals surface area (Å²) in [5.74, 6) is -3.79. The maximum atomic E-state index is 12.2. The molecule has 0 aliphatic carbocycles. The Morgan fingerprint density at radius 3 is 2.13 bits per heavy atom. The molecule has 0 aromatic heterocycles. The lowest BCUT2D eigenvalue weighted by atomic mass is 9.98. The third-order valence-corrected chi connectivity index (χ3v) is 1.92. The van der Waals surface area contributed by atoms with Gasteiger partial charge >= 0.3 is 6.18 Å². The number of benzene rings is 1. The molecule has 82 valence electrons. The molecular weight excluding hydrogens is 212 g/mol. The number of hydrogen-bond donors (Lipinski definition) is 0. The molecule has 0 aliphatic rings. The highest BCUT2D eigenvalue weighted by Crippen LogP contribution is 2.29. The summed E-state index contributed by atoms with van der Waals surface area (Å²) in [5.41, 5.74) is -0.127. The quantitative estimate of drug-likeness (QED) is 0.565. The van der Waals surface area contributed by atoms with E-state index in [0.717, 1.165) is 0 Å². The largest absolute Gasteiger partial charge is 0.401 e. The fourth-order valence-corrected chi connectivity index (χ4v) is 1.11. The number of hydrogen-bond acceptors (Lipinski definition) is 1. The second-order valence-corrected chi connectivity index (χ2v) is 2.98. The van der Waals surface area contributed by atoms with E-state index in [1.165, 1.54) is 24.3 Å². The van der Waals surface area contributed by atoms with Crippen molar-refractivity contribution in [1.82, 2.24) is 0 Å². The van der Waals surface area contributed by atoms with Crippen LogP contribution in [0.1, 0.15) is 10.4 Å². The highest BCUT2D eigenvalue weighted by atomic mass is 19.4. The SMILES string of the molecule is O=C(c1ccccc1)C(CF)C(F)(F)F. The van der Waals surface area contributed by atoms with Gasteiger partial charge in [0, 0.05) is 5.56 Å². The Balaban J connectivity index is 2.93. The number of halogens is 4. The second kappa shape index (κ2) is 4.42. The standard InChI is InChI=1S/C10H8F4O/c11-6-8(10(12,13)14)9(15)7-4-2-1-3-5-7/h1-5,8H,6H2. The van der Waals surface area contributed by atoms with Crippen molar-refractivity contribution in [1.29, 1.82) is 0 Å². The van der Waals surface area contributed by atoms with Crippen LogP contribution in [0, 0.1) is 5.92 Å². The average molecular weight is 220 g/mol. The van der Waals surface area contributed by atoms with Crippen molar-refractivity contribution in [3.8, 4) is 0 Å². The van der Waals surface area contributed by atoms with Gasteiger partial charge in [-0.25, -0.2) is 4.39 Å². The molecule has 0 amide bonds. The Morgan fingerprint density at radius 1 is 1.20 bits per heavy atom. The van der Waals surface area contributed by atoms with Crippen molar-refractivity contribution in [2.24, 2.45) is 5.92 Å². The van der Waals surface area contributed by atoms with Crippen LogP contribution in [0.3, 0.4) is 0 Å². The molecule has 5 heteroatoms. The van der Waals surface area contributed by atoms with E-state index < -0.39 is 24.6 Å². The van der Waals surface area contributed by atoms with E-state index in [1.54, 1.807) is 6.07 Å². The van der Waals surface area contributed by atoms with Gasteiger partial charge in [0.05, 0.1) is 0 Å². The van der Waals surface area contributed by atoms with Crippen LogP contribution in [0.4, 0.5) is 17.6 Å². The molecule has 1 unspecified atom stereocenters. The van der Waals surface area contributed by atoms with Gasteiger partial charge in [0.15, 0.2) is 5.78 Å². The predicted molar refractivity (Wildman–Crippen MR) is 46.3 cm³/mol. The smallest absolute Gasteiger partial charge is 0.293 e. The molecule has 0 aliphatic heterocycles. The van der Waals surface area contributed by atoms with Crippen molar-refractivity contribution in [2.75, 3.05) is 6.67 Å². The first kappa shape index (κ1) is 11.7. The molecule has 1 aromatic carbocycles. The van der Waals surface area contributed by atoms with Gasteiger partial charge in [0.25, 0.3) is 0 Å². The highest BCUT2D eigenvalue weighted by Gasteiger charge is 2.44. The molecule has 0 bridgehead atoms. The minimum atomic E-state index is -4.83. The summed E-state index contributed by atoms with van der Waals surface area (Å²) in [6.45, 7) is -1.72. The summed E-state index contributed by atoms with van der Waals surface area (Å²) in [7, 11) is 0. The van der Waals surface area contributed by atoms with E-state index in [2.05, 4.69) is 0 Å². The molecule has 0 radical (unpaired) electrons. The second-order valence-electron chi connectivity index (χ2n) is 2.98. The Labute approximate surface area is 83.7 Å².